The average molecular weight is 443 g/mol. The van der Waals surface area contributed by atoms with Crippen LogP contribution < -0.4 is 15.4 Å². The molecule has 0 saturated carbocycles. The number of amides is 1. The first-order valence-corrected chi connectivity index (χ1v) is 9.77. The predicted octanol–water partition coefficient (Wildman–Crippen LogP) is 4.02. The quantitative estimate of drug-likeness (QED) is 0.657. The summed E-state index contributed by atoms with van der Waals surface area (Å²) in [6.45, 7) is 6.61. The minimum atomic E-state index is -0.349. The van der Waals surface area contributed by atoms with Crippen LogP contribution in [-0.2, 0) is 6.42 Å². The van der Waals surface area contributed by atoms with Crippen molar-refractivity contribution in [2.75, 3.05) is 11.9 Å². The highest BCUT2D eigenvalue weighted by atomic mass is 79.9. The van der Waals surface area contributed by atoms with Gasteiger partial charge in [-0.15, -0.1) is 10.2 Å². The molecule has 0 bridgehead atoms. The largest absolute Gasteiger partial charge is 0.492 e. The third-order valence-corrected chi connectivity index (χ3v) is 4.66. The van der Waals surface area contributed by atoms with E-state index < -0.39 is 0 Å². The number of thiocarbonyl (C=S) groups is 1. The van der Waals surface area contributed by atoms with Crippen molar-refractivity contribution in [3.8, 4) is 5.75 Å². The summed E-state index contributed by atoms with van der Waals surface area (Å²) in [5, 5.41) is 15.1. The van der Waals surface area contributed by atoms with Crippen LogP contribution in [0.2, 0.25) is 0 Å². The molecule has 0 radical (unpaired) electrons. The highest BCUT2D eigenvalue weighted by Crippen LogP contribution is 2.24. The molecule has 9 heteroatoms. The summed E-state index contributed by atoms with van der Waals surface area (Å²) >= 11 is 9.95. The van der Waals surface area contributed by atoms with Crippen LogP contribution in [0.4, 0.5) is 5.13 Å². The molecule has 1 aromatic heterocycles. The molecular formula is C16H19BrN4O2S2. The number of carbonyl (C=O) groups excluding carboxylic acids is 1. The minimum Gasteiger partial charge on any atom is -0.492 e. The van der Waals surface area contributed by atoms with Gasteiger partial charge in [-0.2, -0.15) is 0 Å². The van der Waals surface area contributed by atoms with Gasteiger partial charge in [-0.05, 0) is 42.8 Å². The Morgan fingerprint density at radius 2 is 2.16 bits per heavy atom. The van der Waals surface area contributed by atoms with Crippen LogP contribution >= 0.6 is 39.5 Å². The number of benzene rings is 1. The van der Waals surface area contributed by atoms with Crippen molar-refractivity contribution in [2.45, 2.75) is 27.2 Å². The van der Waals surface area contributed by atoms with E-state index in [1.807, 2.05) is 26.8 Å². The number of nitrogens with one attached hydrogen (secondary N) is 2. The zero-order valence-electron chi connectivity index (χ0n) is 14.1. The molecule has 0 saturated heterocycles. The fourth-order valence-electron chi connectivity index (χ4n) is 1.81. The lowest BCUT2D eigenvalue weighted by Crippen LogP contribution is -2.34. The Balaban J connectivity index is 2.06. The number of aromatic nitrogens is 2. The summed E-state index contributed by atoms with van der Waals surface area (Å²) in [6.07, 6.45) is 0.799. The van der Waals surface area contributed by atoms with Crippen molar-refractivity contribution >= 4 is 55.6 Å². The van der Waals surface area contributed by atoms with Crippen LogP contribution in [-0.4, -0.2) is 27.8 Å². The average Bonchev–Trinajstić information content (AvgIpc) is 3.00. The first kappa shape index (κ1) is 19.7. The van der Waals surface area contributed by atoms with Crippen molar-refractivity contribution in [3.63, 3.8) is 0 Å². The molecule has 2 N–H and O–H groups in total. The van der Waals surface area contributed by atoms with Gasteiger partial charge in [0.25, 0.3) is 5.91 Å². The van der Waals surface area contributed by atoms with Crippen LogP contribution in [0.3, 0.4) is 0 Å². The lowest BCUT2D eigenvalue weighted by atomic mass is 10.2. The third kappa shape index (κ3) is 6.02. The van der Waals surface area contributed by atoms with E-state index in [1.54, 1.807) is 12.1 Å². The highest BCUT2D eigenvalue weighted by molar-refractivity contribution is 9.10. The van der Waals surface area contributed by atoms with Crippen molar-refractivity contribution in [1.82, 2.24) is 15.5 Å². The Morgan fingerprint density at radius 3 is 2.80 bits per heavy atom. The molecule has 0 aliphatic carbocycles. The Hall–Kier alpha value is -1.58. The van der Waals surface area contributed by atoms with Gasteiger partial charge >= 0.3 is 0 Å². The Kier molecular flexibility index (Phi) is 7.27. The number of anilines is 1. The minimum absolute atomic E-state index is 0.165. The number of nitrogens with zero attached hydrogens (tertiary/aromatic N) is 2. The van der Waals surface area contributed by atoms with Crippen molar-refractivity contribution in [1.29, 1.82) is 0 Å². The van der Waals surface area contributed by atoms with Gasteiger partial charge in [0, 0.05) is 4.47 Å². The molecule has 0 atom stereocenters. The molecule has 0 unspecified atom stereocenters. The Morgan fingerprint density at radius 1 is 1.40 bits per heavy atom. The van der Waals surface area contributed by atoms with E-state index in [9.17, 15) is 4.79 Å². The predicted molar refractivity (Wildman–Crippen MR) is 107 cm³/mol. The lowest BCUT2D eigenvalue weighted by Gasteiger charge is -2.14. The van der Waals surface area contributed by atoms with Gasteiger partial charge in [0.05, 0.1) is 12.2 Å². The number of carbonyl (C=O) groups is 1. The monoisotopic (exact) mass is 442 g/mol. The maximum Gasteiger partial charge on any atom is 0.261 e. The second-order valence-corrected chi connectivity index (χ2v) is 7.99. The van der Waals surface area contributed by atoms with Crippen LogP contribution in [0.5, 0.6) is 5.75 Å². The van der Waals surface area contributed by atoms with E-state index in [0.29, 0.717) is 29.0 Å². The van der Waals surface area contributed by atoms with E-state index in [2.05, 4.69) is 36.8 Å². The van der Waals surface area contributed by atoms with Crippen molar-refractivity contribution in [3.05, 3.63) is 33.2 Å². The first-order chi connectivity index (χ1) is 11.9. The van der Waals surface area contributed by atoms with Crippen LogP contribution in [0, 0.1) is 5.92 Å². The fourth-order valence-corrected chi connectivity index (χ4v) is 3.11. The number of rotatable bonds is 6. The standard InChI is InChI=1S/C16H19BrN4O2S2/c1-4-13-20-21-16(25-13)19-15(24)18-14(22)11-7-10(17)5-6-12(11)23-8-9(2)3/h5-7,9H,4,8H2,1-3H3,(H2,18,19,21,22,24). The third-order valence-electron chi connectivity index (χ3n) is 2.98. The van der Waals surface area contributed by atoms with E-state index in [0.717, 1.165) is 15.9 Å². The van der Waals surface area contributed by atoms with Crippen molar-refractivity contribution < 1.29 is 9.53 Å². The summed E-state index contributed by atoms with van der Waals surface area (Å²) in [4.78, 5) is 12.6. The first-order valence-electron chi connectivity index (χ1n) is 7.76. The normalized spacial score (nSPS) is 10.6. The van der Waals surface area contributed by atoms with Crippen molar-refractivity contribution in [2.24, 2.45) is 5.92 Å². The number of hydrogen-bond acceptors (Lipinski definition) is 6. The fraction of sp³-hybridized carbons (Fsp3) is 0.375. The highest BCUT2D eigenvalue weighted by Gasteiger charge is 2.16. The van der Waals surface area contributed by atoms with Gasteiger partial charge in [-0.3, -0.25) is 10.1 Å². The molecule has 25 heavy (non-hydrogen) atoms. The van der Waals surface area contributed by atoms with Gasteiger partial charge in [0.1, 0.15) is 10.8 Å². The summed E-state index contributed by atoms with van der Waals surface area (Å²) in [6, 6.07) is 5.29. The Labute approximate surface area is 164 Å². The van der Waals surface area contributed by atoms with E-state index >= 15 is 0 Å². The van der Waals surface area contributed by atoms with Gasteiger partial charge in [-0.25, -0.2) is 0 Å². The summed E-state index contributed by atoms with van der Waals surface area (Å²) < 4.78 is 6.51. The molecule has 134 valence electrons. The molecule has 6 nitrogen and oxygen atoms in total. The number of hydrogen-bond donors (Lipinski definition) is 2. The zero-order chi connectivity index (χ0) is 18.4. The maximum absolute atomic E-state index is 12.6. The molecule has 1 amide bonds. The molecule has 0 aliphatic rings. The molecule has 0 fully saturated rings. The Bertz CT molecular complexity index is 764. The number of halogens is 1. The van der Waals surface area contributed by atoms with Crippen LogP contribution in [0.15, 0.2) is 22.7 Å². The maximum atomic E-state index is 12.6. The molecule has 1 heterocycles. The van der Waals surface area contributed by atoms with E-state index in [1.165, 1.54) is 11.3 Å². The molecular weight excluding hydrogens is 424 g/mol. The zero-order valence-corrected chi connectivity index (χ0v) is 17.3. The van der Waals surface area contributed by atoms with Gasteiger partial charge in [-0.1, -0.05) is 48.0 Å². The molecule has 2 aromatic rings. The second-order valence-electron chi connectivity index (χ2n) is 5.61. The van der Waals surface area contributed by atoms with Gasteiger partial charge < -0.3 is 10.1 Å². The van der Waals surface area contributed by atoms with E-state index in [4.69, 9.17) is 17.0 Å². The van der Waals surface area contributed by atoms with Crippen LogP contribution in [0.25, 0.3) is 0 Å². The molecule has 2 rings (SSSR count). The van der Waals surface area contributed by atoms with Gasteiger partial charge in [0.15, 0.2) is 5.11 Å². The summed E-state index contributed by atoms with van der Waals surface area (Å²) in [7, 11) is 0. The SMILES string of the molecule is CCc1nnc(NC(=S)NC(=O)c2cc(Br)ccc2OCC(C)C)s1. The molecule has 0 spiro atoms. The summed E-state index contributed by atoms with van der Waals surface area (Å²) in [5.41, 5.74) is 0.408. The topological polar surface area (TPSA) is 76.1 Å². The van der Waals surface area contributed by atoms with Gasteiger partial charge in [0.2, 0.25) is 5.13 Å². The smallest absolute Gasteiger partial charge is 0.261 e. The number of ether oxygens (including phenoxy) is 1. The lowest BCUT2D eigenvalue weighted by molar-refractivity contribution is 0.0973. The van der Waals surface area contributed by atoms with Crippen LogP contribution in [0.1, 0.15) is 36.1 Å². The second kappa shape index (κ2) is 9.21. The molecule has 1 aromatic carbocycles. The van der Waals surface area contributed by atoms with E-state index in [-0.39, 0.29) is 11.0 Å². The number of aryl methyl sites for hydroxylation is 1. The summed E-state index contributed by atoms with van der Waals surface area (Å²) in [5.74, 6) is 0.520. The molecule has 0 aliphatic heterocycles.